The summed E-state index contributed by atoms with van der Waals surface area (Å²) in [4.78, 5) is 22.9. The smallest absolute Gasteiger partial charge is 0.407 e. The molecular formula is C14H26N2O4. The van der Waals surface area contributed by atoms with Gasteiger partial charge in [0.25, 0.3) is 0 Å². The fraction of sp³-hybridized carbons (Fsp3) is 0.857. The lowest BCUT2D eigenvalue weighted by Gasteiger charge is -2.19. The van der Waals surface area contributed by atoms with Crippen molar-refractivity contribution in [3.05, 3.63) is 0 Å². The highest BCUT2D eigenvalue weighted by atomic mass is 16.6. The van der Waals surface area contributed by atoms with E-state index in [-0.39, 0.29) is 12.0 Å². The first-order valence-corrected chi connectivity index (χ1v) is 7.22. The highest BCUT2D eigenvalue weighted by molar-refractivity contribution is 5.76. The number of hydrogen-bond donors (Lipinski definition) is 2. The SMILES string of the molecule is CC(C)(C)OC(=O)NCCCC(=O)NCC1CCCO1. The fourth-order valence-corrected chi connectivity index (χ4v) is 1.87. The predicted molar refractivity (Wildman–Crippen MR) is 75.5 cm³/mol. The molecule has 1 aliphatic heterocycles. The fourth-order valence-electron chi connectivity index (χ4n) is 1.87. The van der Waals surface area contributed by atoms with Crippen molar-refractivity contribution in [3.8, 4) is 0 Å². The van der Waals surface area contributed by atoms with Crippen LogP contribution in [0.1, 0.15) is 46.5 Å². The van der Waals surface area contributed by atoms with Gasteiger partial charge < -0.3 is 20.1 Å². The first-order valence-electron chi connectivity index (χ1n) is 7.22. The summed E-state index contributed by atoms with van der Waals surface area (Å²) in [6.07, 6.45) is 2.79. The zero-order valence-electron chi connectivity index (χ0n) is 12.7. The number of hydrogen-bond acceptors (Lipinski definition) is 4. The van der Waals surface area contributed by atoms with Crippen molar-refractivity contribution < 1.29 is 19.1 Å². The molecule has 2 amide bonds. The highest BCUT2D eigenvalue weighted by Gasteiger charge is 2.17. The molecule has 0 bridgehead atoms. The van der Waals surface area contributed by atoms with Crippen LogP contribution in [0.15, 0.2) is 0 Å². The number of amides is 2. The molecule has 0 radical (unpaired) electrons. The van der Waals surface area contributed by atoms with Gasteiger partial charge in [-0.3, -0.25) is 4.79 Å². The van der Waals surface area contributed by atoms with Crippen LogP contribution in [-0.4, -0.2) is 43.4 Å². The second-order valence-corrected chi connectivity index (χ2v) is 5.97. The van der Waals surface area contributed by atoms with Crippen LogP contribution in [0.25, 0.3) is 0 Å². The Hall–Kier alpha value is -1.30. The molecule has 1 unspecified atom stereocenters. The maximum Gasteiger partial charge on any atom is 0.407 e. The highest BCUT2D eigenvalue weighted by Crippen LogP contribution is 2.10. The number of carbonyl (C=O) groups excluding carboxylic acids is 2. The molecule has 0 saturated carbocycles. The van der Waals surface area contributed by atoms with Crippen molar-refractivity contribution in [3.63, 3.8) is 0 Å². The van der Waals surface area contributed by atoms with E-state index in [1.54, 1.807) is 0 Å². The number of nitrogens with one attached hydrogen (secondary N) is 2. The number of ether oxygens (including phenoxy) is 2. The van der Waals surface area contributed by atoms with E-state index in [1.807, 2.05) is 20.8 Å². The van der Waals surface area contributed by atoms with E-state index in [2.05, 4.69) is 10.6 Å². The molecule has 0 aromatic rings. The lowest BCUT2D eigenvalue weighted by molar-refractivity contribution is -0.121. The van der Waals surface area contributed by atoms with Crippen LogP contribution >= 0.6 is 0 Å². The van der Waals surface area contributed by atoms with Crippen molar-refractivity contribution in [1.29, 1.82) is 0 Å². The van der Waals surface area contributed by atoms with E-state index in [0.717, 1.165) is 19.4 Å². The van der Waals surface area contributed by atoms with Gasteiger partial charge >= 0.3 is 6.09 Å². The molecular weight excluding hydrogens is 260 g/mol. The molecule has 1 saturated heterocycles. The second-order valence-electron chi connectivity index (χ2n) is 5.97. The first kappa shape index (κ1) is 16.8. The lowest BCUT2D eigenvalue weighted by Crippen LogP contribution is -2.34. The summed E-state index contributed by atoms with van der Waals surface area (Å²) in [5.74, 6) is -0.00788. The van der Waals surface area contributed by atoms with Crippen LogP contribution in [0, 0.1) is 0 Å². The summed E-state index contributed by atoms with van der Waals surface area (Å²) >= 11 is 0. The van der Waals surface area contributed by atoms with Crippen LogP contribution in [0.3, 0.4) is 0 Å². The Labute approximate surface area is 120 Å². The third-order valence-corrected chi connectivity index (χ3v) is 2.80. The maximum absolute atomic E-state index is 11.6. The number of alkyl carbamates (subject to hydrolysis) is 1. The Bertz CT molecular complexity index is 320. The summed E-state index contributed by atoms with van der Waals surface area (Å²) < 4.78 is 10.5. The standard InChI is InChI=1S/C14H26N2O4/c1-14(2,3)20-13(18)15-8-4-7-12(17)16-10-11-6-5-9-19-11/h11H,4-10H2,1-3H3,(H,15,18)(H,16,17). The van der Waals surface area contributed by atoms with Gasteiger partial charge in [-0.2, -0.15) is 0 Å². The Morgan fingerprint density at radius 1 is 1.30 bits per heavy atom. The third-order valence-electron chi connectivity index (χ3n) is 2.80. The maximum atomic E-state index is 11.6. The molecule has 1 heterocycles. The quantitative estimate of drug-likeness (QED) is 0.727. The van der Waals surface area contributed by atoms with Gasteiger partial charge in [0.1, 0.15) is 5.60 Å². The summed E-state index contributed by atoms with van der Waals surface area (Å²) in [5.41, 5.74) is -0.497. The van der Waals surface area contributed by atoms with Crippen LogP contribution in [0.5, 0.6) is 0 Å². The van der Waals surface area contributed by atoms with Gasteiger partial charge in [0.15, 0.2) is 0 Å². The normalized spacial score (nSPS) is 18.6. The van der Waals surface area contributed by atoms with Gasteiger partial charge in [-0.1, -0.05) is 0 Å². The van der Waals surface area contributed by atoms with Crippen molar-refractivity contribution in [1.82, 2.24) is 10.6 Å². The minimum absolute atomic E-state index is 0.00788. The van der Waals surface area contributed by atoms with Crippen LogP contribution < -0.4 is 10.6 Å². The van der Waals surface area contributed by atoms with E-state index in [0.29, 0.717) is 25.9 Å². The van der Waals surface area contributed by atoms with Crippen LogP contribution in [0.2, 0.25) is 0 Å². The first-order chi connectivity index (χ1) is 9.37. The monoisotopic (exact) mass is 286 g/mol. The van der Waals surface area contributed by atoms with E-state index in [4.69, 9.17) is 9.47 Å². The molecule has 1 rings (SSSR count). The lowest BCUT2D eigenvalue weighted by atomic mass is 10.2. The molecule has 1 aliphatic rings. The summed E-state index contributed by atoms with van der Waals surface area (Å²) in [6.45, 7) is 7.24. The Morgan fingerprint density at radius 2 is 2.05 bits per heavy atom. The molecule has 0 aromatic heterocycles. The minimum atomic E-state index is -0.497. The van der Waals surface area contributed by atoms with E-state index in [1.165, 1.54) is 0 Å². The average Bonchev–Trinajstić information content (AvgIpc) is 2.83. The zero-order valence-corrected chi connectivity index (χ0v) is 12.7. The van der Waals surface area contributed by atoms with Crippen molar-refractivity contribution in [2.45, 2.75) is 58.2 Å². The second kappa shape index (κ2) is 8.09. The molecule has 116 valence electrons. The molecule has 6 heteroatoms. The molecule has 6 nitrogen and oxygen atoms in total. The van der Waals surface area contributed by atoms with Crippen LogP contribution in [0.4, 0.5) is 4.79 Å². The molecule has 0 aromatic carbocycles. The molecule has 0 spiro atoms. The van der Waals surface area contributed by atoms with E-state index < -0.39 is 11.7 Å². The molecule has 2 N–H and O–H groups in total. The third kappa shape index (κ3) is 7.99. The van der Waals surface area contributed by atoms with Gasteiger partial charge in [0.2, 0.25) is 5.91 Å². The van der Waals surface area contributed by atoms with Gasteiger partial charge in [-0.15, -0.1) is 0 Å². The molecule has 1 atom stereocenters. The summed E-state index contributed by atoms with van der Waals surface area (Å²) in [7, 11) is 0. The predicted octanol–water partition coefficient (Wildman–Crippen LogP) is 1.59. The van der Waals surface area contributed by atoms with E-state index in [9.17, 15) is 9.59 Å². The number of carbonyl (C=O) groups is 2. The van der Waals surface area contributed by atoms with Gasteiger partial charge in [0, 0.05) is 26.1 Å². The Kier molecular flexibility index (Phi) is 6.78. The zero-order chi connectivity index (χ0) is 15.0. The summed E-state index contributed by atoms with van der Waals surface area (Å²) in [6, 6.07) is 0. The molecule has 20 heavy (non-hydrogen) atoms. The van der Waals surface area contributed by atoms with Gasteiger partial charge in [-0.05, 0) is 40.0 Å². The van der Waals surface area contributed by atoms with Crippen LogP contribution in [-0.2, 0) is 14.3 Å². The topological polar surface area (TPSA) is 76.7 Å². The largest absolute Gasteiger partial charge is 0.444 e. The van der Waals surface area contributed by atoms with Gasteiger partial charge in [0.05, 0.1) is 6.10 Å². The Morgan fingerprint density at radius 3 is 2.65 bits per heavy atom. The minimum Gasteiger partial charge on any atom is -0.444 e. The van der Waals surface area contributed by atoms with Gasteiger partial charge in [-0.25, -0.2) is 4.79 Å². The van der Waals surface area contributed by atoms with E-state index >= 15 is 0 Å². The summed E-state index contributed by atoms with van der Waals surface area (Å²) in [5, 5.41) is 5.47. The molecule has 0 aliphatic carbocycles. The van der Waals surface area contributed by atoms with Crippen molar-refractivity contribution in [2.75, 3.05) is 19.7 Å². The van der Waals surface area contributed by atoms with Crippen molar-refractivity contribution >= 4 is 12.0 Å². The average molecular weight is 286 g/mol. The van der Waals surface area contributed by atoms with Crippen molar-refractivity contribution in [2.24, 2.45) is 0 Å². The Balaban J connectivity index is 2.00. The molecule has 1 fully saturated rings. The number of rotatable bonds is 6.